The summed E-state index contributed by atoms with van der Waals surface area (Å²) in [5.41, 5.74) is 3.48. The van der Waals surface area contributed by atoms with E-state index in [1.54, 1.807) is 24.0 Å². The van der Waals surface area contributed by atoms with E-state index in [2.05, 4.69) is 15.4 Å². The number of hydrogen-bond acceptors (Lipinski definition) is 4. The maximum absolute atomic E-state index is 12.0. The van der Waals surface area contributed by atoms with E-state index in [9.17, 15) is 4.79 Å². The Morgan fingerprint density at radius 1 is 1.24 bits per heavy atom. The molecule has 3 rings (SSSR count). The molecule has 0 unspecified atom stereocenters. The van der Waals surface area contributed by atoms with Crippen LogP contribution in [0.2, 0.25) is 0 Å². The zero-order valence-electron chi connectivity index (χ0n) is 11.7. The van der Waals surface area contributed by atoms with Gasteiger partial charge in [0.1, 0.15) is 0 Å². The number of benzene rings is 1. The number of thiazole rings is 1. The Labute approximate surface area is 126 Å². The Bertz CT molecular complexity index is 773. The Morgan fingerprint density at radius 3 is 2.67 bits per heavy atom. The molecule has 6 heteroatoms. The van der Waals surface area contributed by atoms with Crippen LogP contribution < -0.4 is 5.32 Å². The Morgan fingerprint density at radius 2 is 2.00 bits per heavy atom. The summed E-state index contributed by atoms with van der Waals surface area (Å²) in [4.78, 5) is 16.4. The minimum absolute atomic E-state index is 0.250. The van der Waals surface area contributed by atoms with Crippen molar-refractivity contribution < 1.29 is 4.79 Å². The fraction of sp³-hybridized carbons (Fsp3) is 0.133. The number of carbonyl (C=O) groups excluding carboxylic acids is 1. The standard InChI is InChI=1S/C15H14N4OS/c1-10-3-5-11(6-4-10)13-9-21-15(16-13)17-14(20)12-7-8-19(2)18-12/h3-9H,1-2H3,(H,16,17,20). The largest absolute Gasteiger partial charge is 0.296 e. The second-order valence-corrected chi connectivity index (χ2v) is 5.59. The number of aryl methyl sites for hydroxylation is 2. The summed E-state index contributed by atoms with van der Waals surface area (Å²) in [5.74, 6) is -0.250. The molecule has 2 aromatic heterocycles. The number of nitrogens with one attached hydrogen (secondary N) is 1. The van der Waals surface area contributed by atoms with E-state index in [1.807, 2.05) is 36.6 Å². The van der Waals surface area contributed by atoms with Gasteiger partial charge in [0.15, 0.2) is 10.8 Å². The topological polar surface area (TPSA) is 59.8 Å². The maximum Gasteiger partial charge on any atom is 0.277 e. The minimum Gasteiger partial charge on any atom is -0.296 e. The van der Waals surface area contributed by atoms with Gasteiger partial charge in [-0.2, -0.15) is 5.10 Å². The van der Waals surface area contributed by atoms with Crippen LogP contribution in [0.25, 0.3) is 11.3 Å². The van der Waals surface area contributed by atoms with E-state index in [-0.39, 0.29) is 5.91 Å². The number of aromatic nitrogens is 3. The van der Waals surface area contributed by atoms with Crippen molar-refractivity contribution in [1.29, 1.82) is 0 Å². The van der Waals surface area contributed by atoms with Gasteiger partial charge in [0.25, 0.3) is 5.91 Å². The number of hydrogen-bond donors (Lipinski definition) is 1. The first-order chi connectivity index (χ1) is 10.1. The van der Waals surface area contributed by atoms with Crippen molar-refractivity contribution in [2.75, 3.05) is 5.32 Å². The molecule has 0 bridgehead atoms. The lowest BCUT2D eigenvalue weighted by atomic mass is 10.1. The SMILES string of the molecule is Cc1ccc(-c2csc(NC(=O)c3ccn(C)n3)n2)cc1. The Balaban J connectivity index is 1.76. The zero-order valence-corrected chi connectivity index (χ0v) is 12.5. The van der Waals surface area contributed by atoms with Gasteiger partial charge in [0.2, 0.25) is 0 Å². The van der Waals surface area contributed by atoms with Gasteiger partial charge in [-0.1, -0.05) is 29.8 Å². The van der Waals surface area contributed by atoms with Crippen LogP contribution in [-0.4, -0.2) is 20.7 Å². The van der Waals surface area contributed by atoms with Crippen molar-refractivity contribution in [2.45, 2.75) is 6.92 Å². The van der Waals surface area contributed by atoms with Gasteiger partial charge < -0.3 is 0 Å². The van der Waals surface area contributed by atoms with Crippen LogP contribution in [0, 0.1) is 6.92 Å². The van der Waals surface area contributed by atoms with Crippen molar-refractivity contribution in [3.63, 3.8) is 0 Å². The van der Waals surface area contributed by atoms with Crippen LogP contribution >= 0.6 is 11.3 Å². The molecule has 0 aliphatic carbocycles. The van der Waals surface area contributed by atoms with Crippen LogP contribution in [-0.2, 0) is 7.05 Å². The molecular weight excluding hydrogens is 284 g/mol. The van der Waals surface area contributed by atoms with Crippen molar-refractivity contribution >= 4 is 22.4 Å². The van der Waals surface area contributed by atoms with E-state index in [4.69, 9.17) is 0 Å². The zero-order chi connectivity index (χ0) is 14.8. The number of nitrogens with zero attached hydrogens (tertiary/aromatic N) is 3. The molecule has 0 saturated carbocycles. The minimum atomic E-state index is -0.250. The summed E-state index contributed by atoms with van der Waals surface area (Å²) >= 11 is 1.40. The predicted molar refractivity (Wildman–Crippen MR) is 83.4 cm³/mol. The normalized spacial score (nSPS) is 10.6. The summed E-state index contributed by atoms with van der Waals surface area (Å²) < 4.78 is 1.59. The van der Waals surface area contributed by atoms with Crippen molar-refractivity contribution in [3.05, 3.63) is 53.2 Å². The van der Waals surface area contributed by atoms with Gasteiger partial charge in [0.05, 0.1) is 5.69 Å². The molecule has 0 atom stereocenters. The number of carbonyl (C=O) groups is 1. The van der Waals surface area contributed by atoms with Crippen molar-refractivity contribution in [3.8, 4) is 11.3 Å². The maximum atomic E-state index is 12.0. The van der Waals surface area contributed by atoms with Crippen molar-refractivity contribution in [2.24, 2.45) is 7.05 Å². The summed E-state index contributed by atoms with van der Waals surface area (Å²) in [5, 5.41) is 9.33. The predicted octanol–water partition coefficient (Wildman–Crippen LogP) is 3.10. The molecule has 1 amide bonds. The van der Waals surface area contributed by atoms with Gasteiger partial charge in [-0.3, -0.25) is 14.8 Å². The highest BCUT2D eigenvalue weighted by Gasteiger charge is 2.12. The molecule has 0 saturated heterocycles. The van der Waals surface area contributed by atoms with Gasteiger partial charge in [-0.05, 0) is 13.0 Å². The van der Waals surface area contributed by atoms with E-state index >= 15 is 0 Å². The molecule has 0 fully saturated rings. The molecule has 1 aromatic carbocycles. The summed E-state index contributed by atoms with van der Waals surface area (Å²) in [7, 11) is 1.77. The molecule has 0 spiro atoms. The van der Waals surface area contributed by atoms with Crippen LogP contribution in [0.4, 0.5) is 5.13 Å². The molecule has 1 N–H and O–H groups in total. The van der Waals surface area contributed by atoms with Crippen LogP contribution in [0.5, 0.6) is 0 Å². The lowest BCUT2D eigenvalue weighted by Crippen LogP contribution is -2.12. The third-order valence-corrected chi connectivity index (χ3v) is 3.78. The molecule has 0 radical (unpaired) electrons. The second kappa shape index (κ2) is 5.49. The number of anilines is 1. The first-order valence-electron chi connectivity index (χ1n) is 6.45. The highest BCUT2D eigenvalue weighted by molar-refractivity contribution is 7.14. The Hall–Kier alpha value is -2.47. The molecule has 2 heterocycles. The van der Waals surface area contributed by atoms with Crippen LogP contribution in [0.1, 0.15) is 16.1 Å². The molecule has 0 aliphatic rings. The number of amides is 1. The first kappa shape index (κ1) is 13.5. The fourth-order valence-electron chi connectivity index (χ4n) is 1.89. The van der Waals surface area contributed by atoms with Gasteiger partial charge in [-0.25, -0.2) is 4.98 Å². The average molecular weight is 298 g/mol. The highest BCUT2D eigenvalue weighted by atomic mass is 32.1. The highest BCUT2D eigenvalue weighted by Crippen LogP contribution is 2.25. The lowest BCUT2D eigenvalue weighted by Gasteiger charge is -1.99. The van der Waals surface area contributed by atoms with Crippen LogP contribution in [0.15, 0.2) is 41.9 Å². The summed E-state index contributed by atoms with van der Waals surface area (Å²) in [6.07, 6.45) is 1.73. The molecule has 21 heavy (non-hydrogen) atoms. The quantitative estimate of drug-likeness (QED) is 0.808. The van der Waals surface area contributed by atoms with Crippen LogP contribution in [0.3, 0.4) is 0 Å². The lowest BCUT2D eigenvalue weighted by molar-refractivity contribution is 0.102. The summed E-state index contributed by atoms with van der Waals surface area (Å²) in [6.45, 7) is 2.04. The average Bonchev–Trinajstić information content (AvgIpc) is 3.09. The molecule has 3 aromatic rings. The molecule has 5 nitrogen and oxygen atoms in total. The van der Waals surface area contributed by atoms with E-state index in [0.717, 1.165) is 11.3 Å². The van der Waals surface area contributed by atoms with Gasteiger partial charge in [-0.15, -0.1) is 11.3 Å². The van der Waals surface area contributed by atoms with E-state index < -0.39 is 0 Å². The third-order valence-electron chi connectivity index (χ3n) is 3.02. The summed E-state index contributed by atoms with van der Waals surface area (Å²) in [6, 6.07) is 9.80. The third kappa shape index (κ3) is 3.00. The van der Waals surface area contributed by atoms with E-state index in [0.29, 0.717) is 10.8 Å². The monoisotopic (exact) mass is 298 g/mol. The molecule has 106 valence electrons. The first-order valence-corrected chi connectivity index (χ1v) is 7.33. The van der Waals surface area contributed by atoms with Gasteiger partial charge in [0, 0.05) is 24.2 Å². The fourth-order valence-corrected chi connectivity index (χ4v) is 2.60. The van der Waals surface area contributed by atoms with E-state index in [1.165, 1.54) is 16.9 Å². The molecular formula is C15H14N4OS. The second-order valence-electron chi connectivity index (χ2n) is 4.73. The van der Waals surface area contributed by atoms with Gasteiger partial charge >= 0.3 is 0 Å². The van der Waals surface area contributed by atoms with Crippen molar-refractivity contribution in [1.82, 2.24) is 14.8 Å². The smallest absolute Gasteiger partial charge is 0.277 e. The molecule has 0 aliphatic heterocycles. The number of rotatable bonds is 3. The Kier molecular flexibility index (Phi) is 3.53.